The van der Waals surface area contributed by atoms with Crippen LogP contribution in [0.2, 0.25) is 0 Å². The zero-order valence-corrected chi connectivity index (χ0v) is 51.6. The van der Waals surface area contributed by atoms with Crippen LogP contribution in [0, 0.1) is 5.92 Å². The Bertz CT molecular complexity index is 2580. The van der Waals surface area contributed by atoms with E-state index < -0.39 is 193 Å². The first kappa shape index (κ1) is 74.2. The van der Waals surface area contributed by atoms with Crippen molar-refractivity contribution in [2.45, 2.75) is 202 Å². The van der Waals surface area contributed by atoms with Gasteiger partial charge in [0.1, 0.15) is 72.5 Å². The average molecular weight is 1280 g/mol. The van der Waals surface area contributed by atoms with Gasteiger partial charge in [-0.1, -0.05) is 13.8 Å². The molecule has 0 aromatic carbocycles. The third-order valence-corrected chi connectivity index (χ3v) is 16.7. The third-order valence-electron chi connectivity index (χ3n) is 16.1. The number of nitrogens with two attached hydrogens (primary N) is 2. The Kier molecular flexibility index (Phi) is 29.4. The largest absolute Gasteiger partial charge is 0.481 e. The fourth-order valence-corrected chi connectivity index (χ4v) is 11.6. The van der Waals surface area contributed by atoms with Crippen LogP contribution in [0.4, 0.5) is 0 Å². The van der Waals surface area contributed by atoms with E-state index in [9.17, 15) is 97.8 Å². The van der Waals surface area contributed by atoms with E-state index in [2.05, 4.69) is 37.2 Å². The maximum absolute atomic E-state index is 14.3. The van der Waals surface area contributed by atoms with Crippen LogP contribution >= 0.6 is 11.8 Å². The van der Waals surface area contributed by atoms with Gasteiger partial charge in [-0.05, 0) is 115 Å². The summed E-state index contributed by atoms with van der Waals surface area (Å²) >= 11 is 1.24. The molecule has 0 radical (unpaired) electrons. The molecule has 0 aliphatic carbocycles. The number of carbonyl (C=O) groups is 14. The molecule has 4 aliphatic rings. The summed E-state index contributed by atoms with van der Waals surface area (Å²) in [5, 5.41) is 77.1. The van der Waals surface area contributed by atoms with E-state index in [4.69, 9.17) is 11.5 Å². The molecule has 4 fully saturated rings. The number of nitrogens with one attached hydrogen (secondary N) is 7. The minimum atomic E-state index is -2.04. The molecule has 4 saturated heterocycles. The van der Waals surface area contributed by atoms with Crippen LogP contribution in [0.15, 0.2) is 0 Å². The molecule has 0 unspecified atom stereocenters. The number of hydrogen-bond acceptors (Lipinski definition) is 20. The van der Waals surface area contributed by atoms with Gasteiger partial charge in [0.05, 0.1) is 31.7 Å². The lowest BCUT2D eigenvalue weighted by Gasteiger charge is -2.34. The molecule has 0 spiro atoms. The maximum atomic E-state index is 14.3. The number of carboxylic acids is 3. The lowest BCUT2D eigenvalue weighted by Crippen LogP contribution is -2.62. The molecule has 89 heavy (non-hydrogen) atoms. The van der Waals surface area contributed by atoms with Crippen LogP contribution in [0.5, 0.6) is 0 Å². The van der Waals surface area contributed by atoms with Crippen LogP contribution in [0.1, 0.15) is 118 Å². The van der Waals surface area contributed by atoms with Crippen LogP contribution in [0.25, 0.3) is 0 Å². The second-order valence-corrected chi connectivity index (χ2v) is 24.1. The SMILES string of the molecule is CSCC[C@H](NC(=O)[C@@H](NC(=O)[C@H](CC(=O)O)NC(=O)[C@H](CCCCN)NC(=O)[C@H](CC(=O)O)NC(=O)[C@@H]1CCCN1C(=O)[C@@H](N)[C@@H](C)O)[C@@H](C)O)C(=O)N[C@@H](CO)C(=O)N1CCC[C@H]1C(=O)N1CCC[C@H]1C(=O)N[C@H](C(=O)N1CCC[C@H]1C(=O)O)C(C)C. The number of nitrogens with zero attached hydrogens (tertiary/aromatic N) is 4. The van der Waals surface area contributed by atoms with Gasteiger partial charge in [0.25, 0.3) is 0 Å². The molecule has 17 N–H and O–H groups in total. The van der Waals surface area contributed by atoms with Crippen molar-refractivity contribution in [1.29, 1.82) is 0 Å². The van der Waals surface area contributed by atoms with E-state index in [1.54, 1.807) is 20.1 Å². The summed E-state index contributed by atoms with van der Waals surface area (Å²) in [6.45, 7) is 5.23. The Labute approximate surface area is 518 Å². The van der Waals surface area contributed by atoms with E-state index in [0.29, 0.717) is 25.7 Å². The van der Waals surface area contributed by atoms with Gasteiger partial charge in [-0.3, -0.25) is 62.3 Å². The lowest BCUT2D eigenvalue weighted by molar-refractivity contribution is -0.151. The first-order chi connectivity index (χ1) is 42.0. The second kappa shape index (κ2) is 35.2. The van der Waals surface area contributed by atoms with Crippen molar-refractivity contribution >= 4 is 94.6 Å². The zero-order valence-electron chi connectivity index (χ0n) is 50.8. The van der Waals surface area contributed by atoms with Gasteiger partial charge in [-0.15, -0.1) is 0 Å². The molecule has 34 heteroatoms. The van der Waals surface area contributed by atoms with Crippen molar-refractivity contribution < 1.29 is 97.8 Å². The Hall–Kier alpha value is -7.27. The molecule has 0 saturated carbocycles. The Morgan fingerprint density at radius 2 is 0.933 bits per heavy atom. The minimum Gasteiger partial charge on any atom is -0.481 e. The number of rotatable bonds is 34. The third kappa shape index (κ3) is 20.6. The molecule has 0 aromatic heterocycles. The second-order valence-electron chi connectivity index (χ2n) is 23.1. The summed E-state index contributed by atoms with van der Waals surface area (Å²) in [6.07, 6.45) is -1.29. The Morgan fingerprint density at radius 3 is 1.44 bits per heavy atom. The normalized spacial score (nSPS) is 21.6. The summed E-state index contributed by atoms with van der Waals surface area (Å²) in [4.78, 5) is 193. The highest BCUT2D eigenvalue weighted by Gasteiger charge is 2.47. The predicted octanol–water partition coefficient (Wildman–Crippen LogP) is -6.00. The van der Waals surface area contributed by atoms with Gasteiger partial charge >= 0.3 is 17.9 Å². The van der Waals surface area contributed by atoms with Crippen LogP contribution < -0.4 is 48.7 Å². The molecule has 500 valence electrons. The van der Waals surface area contributed by atoms with Crippen LogP contribution in [0.3, 0.4) is 0 Å². The monoisotopic (exact) mass is 1280 g/mol. The van der Waals surface area contributed by atoms with E-state index in [1.807, 2.05) is 0 Å². The Morgan fingerprint density at radius 1 is 0.494 bits per heavy atom. The van der Waals surface area contributed by atoms with E-state index in [0.717, 1.165) is 11.8 Å². The van der Waals surface area contributed by atoms with Gasteiger partial charge in [0.2, 0.25) is 65.0 Å². The number of unbranched alkanes of at least 4 members (excludes halogenated alkanes) is 1. The highest BCUT2D eigenvalue weighted by molar-refractivity contribution is 7.98. The number of carboxylic acid groups (broad SMARTS) is 3. The Balaban J connectivity index is 1.47. The van der Waals surface area contributed by atoms with Crippen molar-refractivity contribution in [2.24, 2.45) is 17.4 Å². The van der Waals surface area contributed by atoms with Gasteiger partial charge < -0.3 is 98.9 Å². The molecule has 14 atom stereocenters. The standard InChI is InChI=1S/C55H89N13O20S/c1-27(2)42(54(86)68-22-11-16-38(68)55(87)88)63-49(81)36-14-8-19-65(36)52(84)37-15-10-21-67(37)51(83)34(26-69)62-45(77)31(17-23-89-5)59-50(82)43(29(4)71)64-47(79)33(25-40(74)75)60-44(76)30(12-6-7-18-56)58-46(78)32(24-39(72)73)61-48(80)35-13-9-20-66(35)53(85)41(57)28(3)70/h27-38,41-43,69-71H,6-26,56-57H2,1-5H3,(H,58,78)(H,59,82)(H,60,76)(H,61,80)(H,62,77)(H,63,81)(H,64,79)(H,72,73)(H,74,75)(H,87,88)/t28-,29-,30+,31+,32+,33+,34+,35+,36+,37+,38+,41+,42+,43+/m1/s1. The summed E-state index contributed by atoms with van der Waals surface area (Å²) in [6, 6.07) is -17.7. The molecule has 0 bridgehead atoms. The van der Waals surface area contributed by atoms with Crippen molar-refractivity contribution in [3.8, 4) is 0 Å². The average Bonchev–Trinajstić information content (AvgIpc) is 1.94. The maximum Gasteiger partial charge on any atom is 0.326 e. The first-order valence-corrected chi connectivity index (χ1v) is 31.3. The number of aliphatic carboxylic acids is 3. The molecule has 4 rings (SSSR count). The summed E-state index contributed by atoms with van der Waals surface area (Å²) in [5.41, 5.74) is 11.5. The van der Waals surface area contributed by atoms with Crippen molar-refractivity contribution in [3.05, 3.63) is 0 Å². The van der Waals surface area contributed by atoms with E-state index >= 15 is 0 Å². The molecule has 4 heterocycles. The number of hydrogen-bond donors (Lipinski definition) is 15. The molecule has 4 aliphatic heterocycles. The van der Waals surface area contributed by atoms with Gasteiger partial charge in [0.15, 0.2) is 0 Å². The summed E-state index contributed by atoms with van der Waals surface area (Å²) in [7, 11) is 0. The highest BCUT2D eigenvalue weighted by atomic mass is 32.2. The molecule has 0 aromatic rings. The van der Waals surface area contributed by atoms with Gasteiger partial charge in [0, 0.05) is 26.2 Å². The number of aliphatic hydroxyl groups excluding tert-OH is 3. The number of thioether (sulfide) groups is 1. The quantitative estimate of drug-likeness (QED) is 0.0267. The first-order valence-electron chi connectivity index (χ1n) is 29.9. The molecular formula is C55H89N13O20S. The fourth-order valence-electron chi connectivity index (χ4n) is 11.1. The number of carbonyl (C=O) groups excluding carboxylic acids is 11. The molecular weight excluding hydrogens is 1190 g/mol. The topological polar surface area (TPSA) is 510 Å². The van der Waals surface area contributed by atoms with E-state index in [-0.39, 0.29) is 89.8 Å². The molecule has 33 nitrogen and oxygen atoms in total. The zero-order chi connectivity index (χ0) is 66.6. The highest BCUT2D eigenvalue weighted by Crippen LogP contribution is 2.27. The van der Waals surface area contributed by atoms with Crippen molar-refractivity contribution in [1.82, 2.24) is 56.8 Å². The summed E-state index contributed by atoms with van der Waals surface area (Å²) < 4.78 is 0. The van der Waals surface area contributed by atoms with Crippen molar-refractivity contribution in [3.63, 3.8) is 0 Å². The number of amides is 11. The van der Waals surface area contributed by atoms with Crippen molar-refractivity contribution in [2.75, 3.05) is 51.3 Å². The smallest absolute Gasteiger partial charge is 0.326 e. The number of likely N-dealkylation sites (tertiary alicyclic amines) is 4. The van der Waals surface area contributed by atoms with E-state index in [1.165, 1.54) is 33.4 Å². The van der Waals surface area contributed by atoms with Gasteiger partial charge in [-0.25, -0.2) is 4.79 Å². The van der Waals surface area contributed by atoms with Gasteiger partial charge in [-0.2, -0.15) is 11.8 Å². The fraction of sp³-hybridized carbons (Fsp3) is 0.745. The number of aliphatic hydroxyl groups is 3. The lowest BCUT2D eigenvalue weighted by atomic mass is 10.0. The minimum absolute atomic E-state index is 0.00708. The molecule has 11 amide bonds. The predicted molar refractivity (Wildman–Crippen MR) is 314 cm³/mol. The van der Waals surface area contributed by atoms with Crippen LogP contribution in [-0.2, 0) is 67.1 Å². The van der Waals surface area contributed by atoms with Crippen LogP contribution in [-0.4, -0.2) is 269 Å². The summed E-state index contributed by atoms with van der Waals surface area (Å²) in [5.74, 6) is -15.0.